The molecule has 0 fully saturated rings. The fourth-order valence-electron chi connectivity index (χ4n) is 3.01. The third-order valence-corrected chi connectivity index (χ3v) is 4.06. The van der Waals surface area contributed by atoms with Crippen LogP contribution in [0, 0.1) is 12.3 Å². The first kappa shape index (κ1) is 21.8. The SMILES string of the molecule is CN=C(NCc1oc2ccccc2c1C)NCC(C)(C)CN(C)C.I. The smallest absolute Gasteiger partial charge is 0.191 e. The number of nitrogens with one attached hydrogen (secondary N) is 2. The van der Waals surface area contributed by atoms with E-state index in [1.54, 1.807) is 7.05 Å². The Morgan fingerprint density at radius 3 is 2.48 bits per heavy atom. The third kappa shape index (κ3) is 6.18. The van der Waals surface area contributed by atoms with Gasteiger partial charge in [0.05, 0.1) is 6.54 Å². The van der Waals surface area contributed by atoms with Crippen LogP contribution in [0.25, 0.3) is 11.0 Å². The number of para-hydroxylation sites is 1. The Morgan fingerprint density at radius 2 is 1.88 bits per heavy atom. The maximum atomic E-state index is 5.94. The summed E-state index contributed by atoms with van der Waals surface area (Å²) in [6.07, 6.45) is 0. The van der Waals surface area contributed by atoms with Gasteiger partial charge in [-0.1, -0.05) is 32.0 Å². The predicted molar refractivity (Wildman–Crippen MR) is 117 cm³/mol. The second-order valence-corrected chi connectivity index (χ2v) is 7.33. The van der Waals surface area contributed by atoms with Gasteiger partial charge in [-0.2, -0.15) is 0 Å². The predicted octanol–water partition coefficient (Wildman–Crippen LogP) is 3.61. The molecular formula is C19H31IN4O. The van der Waals surface area contributed by atoms with Crippen LogP contribution in [0.4, 0.5) is 0 Å². The molecule has 0 unspecified atom stereocenters. The molecule has 0 bridgehead atoms. The Balaban J connectivity index is 0.00000312. The van der Waals surface area contributed by atoms with Crippen LogP contribution >= 0.6 is 24.0 Å². The Labute approximate surface area is 168 Å². The van der Waals surface area contributed by atoms with Crippen LogP contribution in [0.1, 0.15) is 25.2 Å². The van der Waals surface area contributed by atoms with Crippen LogP contribution in [0.3, 0.4) is 0 Å². The van der Waals surface area contributed by atoms with Crippen molar-refractivity contribution in [2.75, 3.05) is 34.2 Å². The van der Waals surface area contributed by atoms with Crippen LogP contribution in [0.5, 0.6) is 0 Å². The van der Waals surface area contributed by atoms with Crippen molar-refractivity contribution in [1.82, 2.24) is 15.5 Å². The molecule has 2 rings (SSSR count). The molecule has 0 amide bonds. The molecule has 25 heavy (non-hydrogen) atoms. The number of benzene rings is 1. The molecule has 0 saturated carbocycles. The summed E-state index contributed by atoms with van der Waals surface area (Å²) in [7, 11) is 5.98. The van der Waals surface area contributed by atoms with Gasteiger partial charge in [-0.3, -0.25) is 4.99 Å². The van der Waals surface area contributed by atoms with Crippen LogP contribution in [0.15, 0.2) is 33.7 Å². The van der Waals surface area contributed by atoms with Crippen molar-refractivity contribution in [3.63, 3.8) is 0 Å². The van der Waals surface area contributed by atoms with Gasteiger partial charge in [-0.25, -0.2) is 0 Å². The van der Waals surface area contributed by atoms with E-state index in [1.165, 1.54) is 10.9 Å². The number of hydrogen-bond acceptors (Lipinski definition) is 3. The van der Waals surface area contributed by atoms with E-state index >= 15 is 0 Å². The number of aliphatic imine (C=N–C) groups is 1. The highest BCUT2D eigenvalue weighted by Crippen LogP contribution is 2.24. The monoisotopic (exact) mass is 458 g/mol. The number of furan rings is 1. The number of hydrogen-bond donors (Lipinski definition) is 2. The molecule has 0 radical (unpaired) electrons. The van der Waals surface area contributed by atoms with Gasteiger partial charge in [-0.05, 0) is 32.5 Å². The molecule has 0 saturated heterocycles. The molecule has 0 atom stereocenters. The van der Waals surface area contributed by atoms with E-state index in [1.807, 2.05) is 18.2 Å². The van der Waals surface area contributed by atoms with E-state index < -0.39 is 0 Å². The lowest BCUT2D eigenvalue weighted by atomic mass is 9.93. The maximum absolute atomic E-state index is 5.94. The zero-order chi connectivity index (χ0) is 17.7. The molecule has 0 spiro atoms. The average molecular weight is 458 g/mol. The minimum Gasteiger partial charge on any atom is -0.459 e. The second-order valence-electron chi connectivity index (χ2n) is 7.33. The first-order valence-electron chi connectivity index (χ1n) is 8.38. The Kier molecular flexibility index (Phi) is 8.21. The van der Waals surface area contributed by atoms with Gasteiger partial charge < -0.3 is 20.0 Å². The molecule has 2 aromatic rings. The van der Waals surface area contributed by atoms with Crippen molar-refractivity contribution in [3.05, 3.63) is 35.6 Å². The fourth-order valence-corrected chi connectivity index (χ4v) is 3.01. The number of fused-ring (bicyclic) bond motifs is 1. The van der Waals surface area contributed by atoms with Gasteiger partial charge in [0.2, 0.25) is 0 Å². The van der Waals surface area contributed by atoms with Gasteiger partial charge in [0.15, 0.2) is 5.96 Å². The topological polar surface area (TPSA) is 52.8 Å². The number of rotatable bonds is 6. The molecule has 1 aromatic carbocycles. The molecular weight excluding hydrogens is 427 g/mol. The minimum atomic E-state index is 0. The first-order chi connectivity index (χ1) is 11.3. The van der Waals surface area contributed by atoms with Crippen molar-refractivity contribution in [2.45, 2.75) is 27.3 Å². The summed E-state index contributed by atoms with van der Waals surface area (Å²) in [5.41, 5.74) is 2.28. The second kappa shape index (κ2) is 9.43. The Hall–Kier alpha value is -1.28. The summed E-state index contributed by atoms with van der Waals surface area (Å²) in [6, 6.07) is 8.13. The summed E-state index contributed by atoms with van der Waals surface area (Å²) in [5.74, 6) is 1.74. The first-order valence-corrected chi connectivity index (χ1v) is 8.38. The molecule has 140 valence electrons. The van der Waals surface area contributed by atoms with Crippen molar-refractivity contribution < 1.29 is 4.42 Å². The van der Waals surface area contributed by atoms with Crippen molar-refractivity contribution >= 4 is 40.9 Å². The highest BCUT2D eigenvalue weighted by Gasteiger charge is 2.19. The van der Waals surface area contributed by atoms with E-state index in [-0.39, 0.29) is 29.4 Å². The lowest BCUT2D eigenvalue weighted by molar-refractivity contribution is 0.241. The van der Waals surface area contributed by atoms with Gasteiger partial charge >= 0.3 is 0 Å². The van der Waals surface area contributed by atoms with Gasteiger partial charge in [0.1, 0.15) is 11.3 Å². The fraction of sp³-hybridized carbons (Fsp3) is 0.526. The molecule has 6 heteroatoms. The Bertz CT molecular complexity index is 707. The minimum absolute atomic E-state index is 0. The van der Waals surface area contributed by atoms with Crippen molar-refractivity contribution in [2.24, 2.45) is 10.4 Å². The van der Waals surface area contributed by atoms with Crippen molar-refractivity contribution in [3.8, 4) is 0 Å². The third-order valence-electron chi connectivity index (χ3n) is 4.06. The van der Waals surface area contributed by atoms with E-state index in [2.05, 4.69) is 61.5 Å². The number of halogens is 1. The molecule has 1 heterocycles. The quantitative estimate of drug-likeness (QED) is 0.395. The van der Waals surface area contributed by atoms with Gasteiger partial charge in [0.25, 0.3) is 0 Å². The summed E-state index contributed by atoms with van der Waals surface area (Å²) in [4.78, 5) is 6.51. The highest BCUT2D eigenvalue weighted by atomic mass is 127. The zero-order valence-corrected chi connectivity index (χ0v) is 18.5. The van der Waals surface area contributed by atoms with E-state index in [4.69, 9.17) is 4.42 Å². The van der Waals surface area contributed by atoms with E-state index in [0.717, 1.165) is 30.4 Å². The standard InChI is InChI=1S/C19H30N4O.HI/c1-14-15-9-7-8-10-16(15)24-17(14)11-21-18(20-4)22-12-19(2,3)13-23(5)6;/h7-10H,11-13H2,1-6H3,(H2,20,21,22);1H. The summed E-state index contributed by atoms with van der Waals surface area (Å²) in [5, 5.41) is 7.92. The molecule has 5 nitrogen and oxygen atoms in total. The largest absolute Gasteiger partial charge is 0.459 e. The van der Waals surface area contributed by atoms with Gasteiger partial charge in [-0.15, -0.1) is 24.0 Å². The van der Waals surface area contributed by atoms with Crippen LogP contribution in [-0.2, 0) is 6.54 Å². The van der Waals surface area contributed by atoms with Crippen LogP contribution in [-0.4, -0.2) is 45.1 Å². The normalized spacial score (nSPS) is 12.4. The molecule has 0 aliphatic rings. The molecule has 0 aliphatic carbocycles. The maximum Gasteiger partial charge on any atom is 0.191 e. The molecule has 0 aliphatic heterocycles. The lowest BCUT2D eigenvalue weighted by Crippen LogP contribution is -2.44. The number of nitrogens with zero attached hydrogens (tertiary/aromatic N) is 2. The average Bonchev–Trinajstić information content (AvgIpc) is 2.83. The van der Waals surface area contributed by atoms with Gasteiger partial charge in [0, 0.05) is 31.1 Å². The highest BCUT2D eigenvalue weighted by molar-refractivity contribution is 14.0. The van der Waals surface area contributed by atoms with Crippen LogP contribution < -0.4 is 10.6 Å². The zero-order valence-electron chi connectivity index (χ0n) is 16.1. The summed E-state index contributed by atoms with van der Waals surface area (Å²) < 4.78 is 5.94. The van der Waals surface area contributed by atoms with Crippen LogP contribution in [0.2, 0.25) is 0 Å². The van der Waals surface area contributed by atoms with E-state index in [0.29, 0.717) is 6.54 Å². The summed E-state index contributed by atoms with van der Waals surface area (Å²) >= 11 is 0. The molecule has 2 N–H and O–H groups in total. The van der Waals surface area contributed by atoms with Crippen molar-refractivity contribution in [1.29, 1.82) is 0 Å². The number of aryl methyl sites for hydroxylation is 1. The Morgan fingerprint density at radius 1 is 1.20 bits per heavy atom. The lowest BCUT2D eigenvalue weighted by Gasteiger charge is -2.29. The molecule has 1 aromatic heterocycles. The number of guanidine groups is 1. The van der Waals surface area contributed by atoms with E-state index in [9.17, 15) is 0 Å². The summed E-state index contributed by atoms with van der Waals surface area (Å²) in [6.45, 7) is 9.07.